The maximum atomic E-state index is 11.7. The lowest BCUT2D eigenvalue weighted by atomic mass is 9.98. The van der Waals surface area contributed by atoms with E-state index in [-0.39, 0.29) is 0 Å². The van der Waals surface area contributed by atoms with Gasteiger partial charge in [-0.3, -0.25) is 9.69 Å². The van der Waals surface area contributed by atoms with Crippen LogP contribution in [0.2, 0.25) is 0 Å². The topological polar surface area (TPSA) is 58.4 Å². The summed E-state index contributed by atoms with van der Waals surface area (Å²) in [5.41, 5.74) is 4.36. The fourth-order valence-corrected chi connectivity index (χ4v) is 3.75. The average Bonchev–Trinajstić information content (AvgIpc) is 3.22. The van der Waals surface area contributed by atoms with Gasteiger partial charge in [0.15, 0.2) is 0 Å². The Morgan fingerprint density at radius 2 is 2.17 bits per heavy atom. The molecule has 1 atom stereocenters. The van der Waals surface area contributed by atoms with Crippen molar-refractivity contribution in [3.63, 3.8) is 0 Å². The predicted octanol–water partition coefficient (Wildman–Crippen LogP) is 2.89. The summed E-state index contributed by atoms with van der Waals surface area (Å²) < 4.78 is 2.10. The van der Waals surface area contributed by atoms with Gasteiger partial charge in [-0.05, 0) is 57.3 Å². The van der Waals surface area contributed by atoms with Crippen LogP contribution in [-0.4, -0.2) is 44.7 Å². The van der Waals surface area contributed by atoms with Gasteiger partial charge in [0.05, 0.1) is 12.0 Å². The van der Waals surface area contributed by atoms with Crippen molar-refractivity contribution in [1.29, 1.82) is 0 Å². The van der Waals surface area contributed by atoms with Gasteiger partial charge < -0.3 is 9.67 Å². The van der Waals surface area contributed by atoms with Crippen LogP contribution >= 0.6 is 0 Å². The molecule has 3 rings (SSSR count). The van der Waals surface area contributed by atoms with E-state index in [0.717, 1.165) is 55.9 Å². The minimum absolute atomic E-state index is 0.470. The zero-order valence-corrected chi connectivity index (χ0v) is 14.2. The molecule has 0 amide bonds. The lowest BCUT2D eigenvalue weighted by Gasteiger charge is -2.24. The molecule has 1 N–H and O–H groups in total. The van der Waals surface area contributed by atoms with Crippen LogP contribution in [0, 0.1) is 0 Å². The quantitative estimate of drug-likeness (QED) is 0.873. The number of likely N-dealkylation sites (tertiary alicyclic amines) is 1. The molecule has 128 valence electrons. The molecule has 0 saturated carbocycles. The monoisotopic (exact) mass is 327 g/mol. The number of allylic oxidation sites excluding steroid dienone is 5. The Labute approximate surface area is 143 Å². The number of imidazole rings is 1. The molecular weight excluding hydrogens is 302 g/mol. The summed E-state index contributed by atoms with van der Waals surface area (Å²) in [6.07, 6.45) is 12.3. The van der Waals surface area contributed by atoms with Crippen LogP contribution in [0.1, 0.15) is 37.6 Å². The van der Waals surface area contributed by atoms with Gasteiger partial charge in [0.25, 0.3) is 0 Å². The van der Waals surface area contributed by atoms with E-state index in [9.17, 15) is 9.90 Å². The number of hydrogen-bond donors (Lipinski definition) is 1. The molecule has 2 aliphatic rings. The molecule has 24 heavy (non-hydrogen) atoms. The van der Waals surface area contributed by atoms with Crippen LogP contribution in [0.3, 0.4) is 0 Å². The molecule has 1 saturated heterocycles. The van der Waals surface area contributed by atoms with E-state index in [1.807, 2.05) is 25.4 Å². The second kappa shape index (κ2) is 7.18. The van der Waals surface area contributed by atoms with Crippen molar-refractivity contribution >= 4 is 11.7 Å². The van der Waals surface area contributed by atoms with Crippen molar-refractivity contribution < 1.29 is 9.90 Å². The summed E-state index contributed by atoms with van der Waals surface area (Å²) in [5.74, 6) is -0.745. The van der Waals surface area contributed by atoms with E-state index in [1.54, 1.807) is 0 Å². The van der Waals surface area contributed by atoms with E-state index in [0.29, 0.717) is 6.42 Å². The first-order valence-electron chi connectivity index (χ1n) is 8.66. The highest BCUT2D eigenvalue weighted by Gasteiger charge is 2.30. The number of carboxylic acid groups (broad SMARTS) is 1. The van der Waals surface area contributed by atoms with Crippen molar-refractivity contribution in [3.05, 3.63) is 48.1 Å². The highest BCUT2D eigenvalue weighted by molar-refractivity contribution is 5.74. The summed E-state index contributed by atoms with van der Waals surface area (Å²) in [7, 11) is 0. The number of aliphatic carboxylic acids is 1. The second-order valence-corrected chi connectivity index (χ2v) is 6.42. The van der Waals surface area contributed by atoms with Crippen LogP contribution in [0.15, 0.2) is 36.7 Å². The first-order valence-corrected chi connectivity index (χ1v) is 8.66. The summed E-state index contributed by atoms with van der Waals surface area (Å²) >= 11 is 0. The van der Waals surface area contributed by atoms with Crippen molar-refractivity contribution in [3.8, 4) is 0 Å². The van der Waals surface area contributed by atoms with Gasteiger partial charge in [0.1, 0.15) is 6.04 Å². The Hall–Kier alpha value is -2.14. The molecule has 1 aromatic heterocycles. The summed E-state index contributed by atoms with van der Waals surface area (Å²) in [5, 5.41) is 9.64. The zero-order chi connectivity index (χ0) is 17.1. The maximum Gasteiger partial charge on any atom is 0.321 e. The number of carboxylic acids is 1. The Morgan fingerprint density at radius 3 is 2.79 bits per heavy atom. The zero-order valence-electron chi connectivity index (χ0n) is 14.2. The SMILES string of the molecule is C=CC1=C(/C=C\C)n2cnc(CC(C(=O)O)N3CCCC3)c2CC1. The molecule has 2 aliphatic heterocycles. The van der Waals surface area contributed by atoms with E-state index < -0.39 is 12.0 Å². The Balaban J connectivity index is 1.90. The van der Waals surface area contributed by atoms with Gasteiger partial charge in [0, 0.05) is 17.8 Å². The first-order chi connectivity index (χ1) is 11.7. The molecule has 1 aromatic rings. The standard InChI is InChI=1S/C19H25N3O2/c1-3-7-16-14(4-2)8-9-17-15(20-13-22(16)17)12-18(19(23)24)21-10-5-6-11-21/h3-4,7,13,18H,2,5-6,8-12H2,1H3,(H,23,24)/b7-3-. The highest BCUT2D eigenvalue weighted by atomic mass is 16.4. The Bertz CT molecular complexity index is 693. The van der Waals surface area contributed by atoms with E-state index in [1.165, 1.54) is 5.57 Å². The third kappa shape index (κ3) is 3.08. The van der Waals surface area contributed by atoms with Gasteiger partial charge >= 0.3 is 5.97 Å². The second-order valence-electron chi connectivity index (χ2n) is 6.42. The summed E-state index contributed by atoms with van der Waals surface area (Å²) in [4.78, 5) is 18.4. The summed E-state index contributed by atoms with van der Waals surface area (Å²) in [6.45, 7) is 7.65. The molecule has 0 aromatic carbocycles. The van der Waals surface area contributed by atoms with E-state index >= 15 is 0 Å². The minimum Gasteiger partial charge on any atom is -0.480 e. The normalized spacial score (nSPS) is 19.7. The van der Waals surface area contributed by atoms with Crippen LogP contribution in [0.4, 0.5) is 0 Å². The number of fused-ring (bicyclic) bond motifs is 1. The van der Waals surface area contributed by atoms with Crippen LogP contribution < -0.4 is 0 Å². The third-order valence-electron chi connectivity index (χ3n) is 5.00. The molecule has 3 heterocycles. The van der Waals surface area contributed by atoms with Crippen molar-refractivity contribution in [1.82, 2.24) is 14.5 Å². The smallest absolute Gasteiger partial charge is 0.321 e. The summed E-state index contributed by atoms with van der Waals surface area (Å²) in [6, 6.07) is -0.470. The minimum atomic E-state index is -0.745. The molecule has 0 aliphatic carbocycles. The molecule has 5 nitrogen and oxygen atoms in total. The lowest BCUT2D eigenvalue weighted by Crippen LogP contribution is -2.41. The van der Waals surface area contributed by atoms with Gasteiger partial charge in [0.2, 0.25) is 0 Å². The van der Waals surface area contributed by atoms with Gasteiger partial charge in [-0.2, -0.15) is 0 Å². The fourth-order valence-electron chi connectivity index (χ4n) is 3.75. The number of hydrogen-bond acceptors (Lipinski definition) is 3. The molecule has 0 spiro atoms. The third-order valence-corrected chi connectivity index (χ3v) is 5.00. The number of rotatable bonds is 6. The average molecular weight is 327 g/mol. The van der Waals surface area contributed by atoms with Gasteiger partial charge in [-0.25, -0.2) is 4.98 Å². The van der Waals surface area contributed by atoms with E-state index in [4.69, 9.17) is 0 Å². The van der Waals surface area contributed by atoms with Crippen molar-refractivity contribution in [2.24, 2.45) is 0 Å². The lowest BCUT2D eigenvalue weighted by molar-refractivity contribution is -0.142. The number of nitrogens with zero attached hydrogens (tertiary/aromatic N) is 3. The highest BCUT2D eigenvalue weighted by Crippen LogP contribution is 2.29. The predicted molar refractivity (Wildman–Crippen MR) is 94.7 cm³/mol. The molecule has 1 fully saturated rings. The van der Waals surface area contributed by atoms with Crippen LogP contribution in [-0.2, 0) is 17.6 Å². The van der Waals surface area contributed by atoms with E-state index in [2.05, 4.69) is 27.1 Å². The molecular formula is C19H25N3O2. The Morgan fingerprint density at radius 1 is 1.42 bits per heavy atom. The molecule has 0 bridgehead atoms. The molecule has 0 radical (unpaired) electrons. The van der Waals surface area contributed by atoms with Crippen molar-refractivity contribution in [2.45, 2.75) is 45.1 Å². The largest absolute Gasteiger partial charge is 0.480 e. The molecule has 1 unspecified atom stereocenters. The Kier molecular flexibility index (Phi) is 5.00. The number of aromatic nitrogens is 2. The van der Waals surface area contributed by atoms with Crippen molar-refractivity contribution in [2.75, 3.05) is 13.1 Å². The van der Waals surface area contributed by atoms with Gasteiger partial charge in [-0.1, -0.05) is 18.7 Å². The molecule has 5 heteroatoms. The number of carbonyl (C=O) groups is 1. The van der Waals surface area contributed by atoms with Crippen LogP contribution in [0.5, 0.6) is 0 Å². The van der Waals surface area contributed by atoms with Crippen LogP contribution in [0.25, 0.3) is 5.70 Å². The fraction of sp³-hybridized carbons (Fsp3) is 0.474. The maximum absolute atomic E-state index is 11.7. The first kappa shape index (κ1) is 16.7. The van der Waals surface area contributed by atoms with Gasteiger partial charge in [-0.15, -0.1) is 0 Å².